The fourth-order valence-electron chi connectivity index (χ4n) is 1.59. The highest BCUT2D eigenvalue weighted by molar-refractivity contribution is 6.31. The van der Waals surface area contributed by atoms with E-state index < -0.39 is 18.0 Å². The zero-order valence-electron chi connectivity index (χ0n) is 8.20. The van der Waals surface area contributed by atoms with Crippen LogP contribution in [-0.4, -0.2) is 12.7 Å². The van der Waals surface area contributed by atoms with Gasteiger partial charge in [0.2, 0.25) is 0 Å². The molecule has 1 atom stereocenters. The lowest BCUT2D eigenvalue weighted by Gasteiger charge is -2.24. The van der Waals surface area contributed by atoms with Crippen molar-refractivity contribution in [1.82, 2.24) is 5.32 Å². The van der Waals surface area contributed by atoms with Gasteiger partial charge in [-0.1, -0.05) is 17.7 Å². The summed E-state index contributed by atoms with van der Waals surface area (Å²) in [6.45, 7) is 0.279. The molecule has 1 saturated heterocycles. The number of benzene rings is 1. The minimum Gasteiger partial charge on any atom is -0.449 e. The number of rotatable bonds is 1. The Morgan fingerprint density at radius 1 is 1.50 bits per heavy atom. The van der Waals surface area contributed by atoms with Gasteiger partial charge in [-0.05, 0) is 12.1 Å². The Kier molecular flexibility index (Phi) is 4.38. The zero-order valence-corrected chi connectivity index (χ0v) is 9.78. The highest BCUT2D eigenvalue weighted by atomic mass is 35.5. The first kappa shape index (κ1) is 13.1. The normalized spacial score (nSPS) is 19.4. The summed E-state index contributed by atoms with van der Waals surface area (Å²) in [5.74, 6) is -0.408. The van der Waals surface area contributed by atoms with Crippen molar-refractivity contribution in [3.05, 3.63) is 34.6 Å². The third-order valence-electron chi connectivity index (χ3n) is 2.28. The molecule has 3 nitrogen and oxygen atoms in total. The second-order valence-corrected chi connectivity index (χ2v) is 3.66. The average Bonchev–Trinajstić information content (AvgIpc) is 2.17. The van der Waals surface area contributed by atoms with Gasteiger partial charge in [0.1, 0.15) is 5.82 Å². The molecule has 1 aliphatic heterocycles. The third kappa shape index (κ3) is 2.57. The van der Waals surface area contributed by atoms with Crippen molar-refractivity contribution < 1.29 is 13.9 Å². The molecule has 6 heteroatoms. The number of halogens is 3. The molecule has 0 unspecified atom stereocenters. The SMILES string of the molecule is Cl.O=C1N[C@H](c2c(F)cccc2Cl)CCO1. The Bertz CT molecular complexity index is 380. The largest absolute Gasteiger partial charge is 0.449 e. The molecule has 16 heavy (non-hydrogen) atoms. The minimum atomic E-state index is -0.537. The maximum atomic E-state index is 13.5. The average molecular weight is 266 g/mol. The van der Waals surface area contributed by atoms with Crippen molar-refractivity contribution in [2.45, 2.75) is 12.5 Å². The molecule has 1 fully saturated rings. The number of carbonyl (C=O) groups is 1. The van der Waals surface area contributed by atoms with Crippen LogP contribution < -0.4 is 5.32 Å². The van der Waals surface area contributed by atoms with Gasteiger partial charge in [-0.3, -0.25) is 0 Å². The van der Waals surface area contributed by atoms with E-state index in [2.05, 4.69) is 5.32 Å². The van der Waals surface area contributed by atoms with Gasteiger partial charge < -0.3 is 10.1 Å². The number of carbonyl (C=O) groups excluding carboxylic acids is 1. The summed E-state index contributed by atoms with van der Waals surface area (Å²) in [5.41, 5.74) is 0.329. The zero-order chi connectivity index (χ0) is 10.8. The van der Waals surface area contributed by atoms with Crippen LogP contribution in [0, 0.1) is 5.82 Å². The summed E-state index contributed by atoms with van der Waals surface area (Å²) < 4.78 is 18.2. The van der Waals surface area contributed by atoms with Gasteiger partial charge in [-0.25, -0.2) is 9.18 Å². The van der Waals surface area contributed by atoms with Gasteiger partial charge in [-0.15, -0.1) is 12.4 Å². The molecule has 0 saturated carbocycles. The van der Waals surface area contributed by atoms with Crippen LogP contribution in [0.4, 0.5) is 9.18 Å². The van der Waals surface area contributed by atoms with Crippen LogP contribution in [0.25, 0.3) is 0 Å². The number of cyclic esters (lactones) is 1. The molecular formula is C10H10Cl2FNO2. The Hall–Kier alpha value is -1.00. The number of hydrogen-bond donors (Lipinski definition) is 1. The van der Waals surface area contributed by atoms with E-state index in [-0.39, 0.29) is 19.0 Å². The Morgan fingerprint density at radius 2 is 2.25 bits per heavy atom. The van der Waals surface area contributed by atoms with Crippen molar-refractivity contribution in [2.24, 2.45) is 0 Å². The standard InChI is InChI=1S/C10H9ClFNO2.ClH/c11-6-2-1-3-7(12)9(6)8-4-5-15-10(14)13-8;/h1-3,8H,4-5H2,(H,13,14);1H/t8-;/m0./s1. The summed E-state index contributed by atoms with van der Waals surface area (Å²) >= 11 is 5.88. The third-order valence-corrected chi connectivity index (χ3v) is 2.61. The number of hydrogen-bond acceptors (Lipinski definition) is 2. The van der Waals surface area contributed by atoms with E-state index in [9.17, 15) is 9.18 Å². The second-order valence-electron chi connectivity index (χ2n) is 3.26. The molecule has 1 heterocycles. The first-order valence-corrected chi connectivity index (χ1v) is 4.93. The molecule has 1 aromatic carbocycles. The Balaban J connectivity index is 0.00000128. The lowest BCUT2D eigenvalue weighted by atomic mass is 10.0. The molecular weight excluding hydrogens is 256 g/mol. The summed E-state index contributed by atoms with van der Waals surface area (Å²) in [7, 11) is 0. The van der Waals surface area contributed by atoms with E-state index in [0.717, 1.165) is 0 Å². The lowest BCUT2D eigenvalue weighted by molar-refractivity contribution is 0.115. The van der Waals surface area contributed by atoms with Gasteiger partial charge in [0.05, 0.1) is 12.6 Å². The van der Waals surface area contributed by atoms with Crippen LogP contribution in [0.5, 0.6) is 0 Å². The molecule has 0 radical (unpaired) electrons. The van der Waals surface area contributed by atoms with Crippen LogP contribution in [-0.2, 0) is 4.74 Å². The lowest BCUT2D eigenvalue weighted by Crippen LogP contribution is -2.35. The van der Waals surface area contributed by atoms with Crippen molar-refractivity contribution in [1.29, 1.82) is 0 Å². The first-order valence-electron chi connectivity index (χ1n) is 4.55. The number of nitrogens with one attached hydrogen (secondary N) is 1. The Labute approximate surface area is 103 Å². The van der Waals surface area contributed by atoms with Crippen LogP contribution in [0.1, 0.15) is 18.0 Å². The number of ether oxygens (including phenoxy) is 1. The van der Waals surface area contributed by atoms with E-state index >= 15 is 0 Å². The van der Waals surface area contributed by atoms with Crippen molar-refractivity contribution in [3.63, 3.8) is 0 Å². The summed E-state index contributed by atoms with van der Waals surface area (Å²) in [6, 6.07) is 4.05. The fraction of sp³-hybridized carbons (Fsp3) is 0.300. The molecule has 1 amide bonds. The summed E-state index contributed by atoms with van der Waals surface area (Å²) in [5, 5.41) is 2.85. The van der Waals surface area contributed by atoms with Gasteiger partial charge in [0.15, 0.2) is 0 Å². The second kappa shape index (κ2) is 5.37. The quantitative estimate of drug-likeness (QED) is 0.848. The monoisotopic (exact) mass is 265 g/mol. The van der Waals surface area contributed by atoms with Crippen molar-refractivity contribution in [2.75, 3.05) is 6.61 Å². The van der Waals surface area contributed by atoms with E-state index in [1.807, 2.05) is 0 Å². The van der Waals surface area contributed by atoms with E-state index in [1.165, 1.54) is 12.1 Å². The van der Waals surface area contributed by atoms with E-state index in [4.69, 9.17) is 16.3 Å². The molecule has 0 aromatic heterocycles. The Morgan fingerprint density at radius 3 is 2.88 bits per heavy atom. The van der Waals surface area contributed by atoms with Gasteiger partial charge in [0.25, 0.3) is 0 Å². The van der Waals surface area contributed by atoms with Gasteiger partial charge >= 0.3 is 6.09 Å². The molecule has 0 spiro atoms. The molecule has 2 rings (SSSR count). The van der Waals surface area contributed by atoms with Crippen molar-refractivity contribution >= 4 is 30.1 Å². The van der Waals surface area contributed by atoms with E-state index in [0.29, 0.717) is 17.0 Å². The van der Waals surface area contributed by atoms with Crippen LogP contribution in [0.15, 0.2) is 18.2 Å². The topological polar surface area (TPSA) is 38.3 Å². The van der Waals surface area contributed by atoms with Gasteiger partial charge in [0, 0.05) is 17.0 Å². The molecule has 0 aliphatic carbocycles. The molecule has 0 bridgehead atoms. The highest BCUT2D eigenvalue weighted by Gasteiger charge is 2.25. The van der Waals surface area contributed by atoms with Crippen molar-refractivity contribution in [3.8, 4) is 0 Å². The molecule has 88 valence electrons. The summed E-state index contributed by atoms with van der Waals surface area (Å²) in [4.78, 5) is 11.0. The predicted molar refractivity (Wildman–Crippen MR) is 60.5 cm³/mol. The van der Waals surface area contributed by atoms with Crippen LogP contribution >= 0.6 is 24.0 Å². The van der Waals surface area contributed by atoms with E-state index in [1.54, 1.807) is 6.07 Å². The fourth-order valence-corrected chi connectivity index (χ4v) is 1.88. The molecule has 1 N–H and O–H groups in total. The summed E-state index contributed by atoms with van der Waals surface area (Å²) in [6.07, 6.45) is -0.0163. The molecule has 1 aromatic rings. The smallest absolute Gasteiger partial charge is 0.407 e. The predicted octanol–water partition coefficient (Wildman–Crippen LogP) is 3.07. The van der Waals surface area contributed by atoms with Gasteiger partial charge in [-0.2, -0.15) is 0 Å². The maximum absolute atomic E-state index is 13.5. The van der Waals surface area contributed by atoms with Crippen LogP contribution in [0.2, 0.25) is 5.02 Å². The highest BCUT2D eigenvalue weighted by Crippen LogP contribution is 2.29. The maximum Gasteiger partial charge on any atom is 0.407 e. The molecule has 1 aliphatic rings. The minimum absolute atomic E-state index is 0. The number of alkyl carbamates (subject to hydrolysis) is 1. The van der Waals surface area contributed by atoms with Crippen LogP contribution in [0.3, 0.4) is 0 Å². The first-order chi connectivity index (χ1) is 7.18. The number of amides is 1.